The van der Waals surface area contributed by atoms with Crippen molar-refractivity contribution >= 4 is 23.2 Å². The van der Waals surface area contributed by atoms with Gasteiger partial charge in [-0.3, -0.25) is 0 Å². The van der Waals surface area contributed by atoms with Crippen LogP contribution < -0.4 is 0 Å². The van der Waals surface area contributed by atoms with E-state index < -0.39 is 0 Å². The third kappa shape index (κ3) is 2.49. The lowest BCUT2D eigenvalue weighted by molar-refractivity contribution is 0.627. The molecular formula is C11H7Cl2FN2. The van der Waals surface area contributed by atoms with Crippen LogP contribution in [0.4, 0.5) is 4.39 Å². The van der Waals surface area contributed by atoms with Gasteiger partial charge >= 0.3 is 0 Å². The molecule has 82 valence electrons. The minimum atomic E-state index is -0.338. The van der Waals surface area contributed by atoms with Gasteiger partial charge in [0.25, 0.3) is 0 Å². The fourth-order valence-electron chi connectivity index (χ4n) is 1.38. The van der Waals surface area contributed by atoms with E-state index in [9.17, 15) is 4.39 Å². The van der Waals surface area contributed by atoms with Crippen LogP contribution in [0.5, 0.6) is 0 Å². The van der Waals surface area contributed by atoms with Crippen LogP contribution in [0.1, 0.15) is 5.56 Å². The molecule has 0 amide bonds. The molecule has 0 aliphatic carbocycles. The minimum Gasteiger partial charge on any atom is -0.216 e. The quantitative estimate of drug-likeness (QED) is 0.724. The largest absolute Gasteiger partial charge is 0.216 e. The van der Waals surface area contributed by atoms with E-state index >= 15 is 0 Å². The van der Waals surface area contributed by atoms with Gasteiger partial charge in [-0.25, -0.2) is 14.4 Å². The zero-order chi connectivity index (χ0) is 11.7. The maximum Gasteiger partial charge on any atom is 0.162 e. The normalized spacial score (nSPS) is 10.5. The van der Waals surface area contributed by atoms with Crippen molar-refractivity contribution in [3.05, 3.63) is 46.0 Å². The maximum atomic E-state index is 13.2. The van der Waals surface area contributed by atoms with Crippen LogP contribution in [0.2, 0.25) is 10.3 Å². The predicted octanol–water partition coefficient (Wildman–Crippen LogP) is 3.90. The van der Waals surface area contributed by atoms with Crippen LogP contribution >= 0.6 is 23.2 Å². The molecule has 0 radical (unpaired) electrons. The molecule has 2 nitrogen and oxygen atoms in total. The first kappa shape index (κ1) is 11.3. The zero-order valence-electron chi connectivity index (χ0n) is 8.34. The lowest BCUT2D eigenvalue weighted by Gasteiger charge is -2.03. The lowest BCUT2D eigenvalue weighted by atomic mass is 10.1. The molecule has 16 heavy (non-hydrogen) atoms. The number of hydrogen-bond donors (Lipinski definition) is 0. The van der Waals surface area contributed by atoms with Gasteiger partial charge in [0, 0.05) is 11.6 Å². The first-order valence-electron chi connectivity index (χ1n) is 4.52. The summed E-state index contributed by atoms with van der Waals surface area (Å²) in [6.07, 6.45) is 0. The Morgan fingerprint density at radius 1 is 1.00 bits per heavy atom. The van der Waals surface area contributed by atoms with E-state index in [-0.39, 0.29) is 16.1 Å². The molecule has 0 unspecified atom stereocenters. The Bertz CT molecular complexity index is 454. The van der Waals surface area contributed by atoms with Gasteiger partial charge in [-0.1, -0.05) is 23.2 Å². The third-order valence-electron chi connectivity index (χ3n) is 1.96. The van der Waals surface area contributed by atoms with Crippen molar-refractivity contribution in [1.29, 1.82) is 0 Å². The molecule has 1 aromatic heterocycles. The van der Waals surface area contributed by atoms with Crippen molar-refractivity contribution in [2.24, 2.45) is 0 Å². The fourth-order valence-corrected chi connectivity index (χ4v) is 1.81. The molecule has 1 heterocycles. The van der Waals surface area contributed by atoms with E-state index in [1.807, 2.05) is 0 Å². The van der Waals surface area contributed by atoms with Crippen molar-refractivity contribution < 1.29 is 4.39 Å². The lowest BCUT2D eigenvalue weighted by Crippen LogP contribution is -1.91. The van der Waals surface area contributed by atoms with Gasteiger partial charge in [0.15, 0.2) is 5.82 Å². The number of rotatable bonds is 1. The topological polar surface area (TPSA) is 25.8 Å². The Hall–Kier alpha value is -1.19. The van der Waals surface area contributed by atoms with E-state index in [0.29, 0.717) is 11.4 Å². The molecule has 1 aromatic carbocycles. The number of nitrogens with zero attached hydrogens (tertiary/aromatic N) is 2. The standard InChI is InChI=1S/C11H7Cl2FN2/c1-6-2-7(4-8(14)3-6)11-15-9(12)5-10(13)16-11/h2-5H,1H3. The SMILES string of the molecule is Cc1cc(F)cc(-c2nc(Cl)cc(Cl)n2)c1. The van der Waals surface area contributed by atoms with E-state index in [1.54, 1.807) is 13.0 Å². The molecule has 0 spiro atoms. The highest BCUT2D eigenvalue weighted by atomic mass is 35.5. The van der Waals surface area contributed by atoms with Crippen molar-refractivity contribution in [1.82, 2.24) is 9.97 Å². The summed E-state index contributed by atoms with van der Waals surface area (Å²) in [5, 5.41) is 0.467. The second-order valence-corrected chi connectivity index (χ2v) is 4.13. The average molecular weight is 257 g/mol. The van der Waals surface area contributed by atoms with E-state index in [1.165, 1.54) is 18.2 Å². The van der Waals surface area contributed by atoms with Crippen LogP contribution in [0.15, 0.2) is 24.3 Å². The minimum absolute atomic E-state index is 0.233. The molecule has 0 saturated carbocycles. The Labute approximate surface area is 102 Å². The zero-order valence-corrected chi connectivity index (χ0v) is 9.85. The smallest absolute Gasteiger partial charge is 0.162 e. The van der Waals surface area contributed by atoms with Gasteiger partial charge in [0.05, 0.1) is 0 Å². The molecule has 0 aliphatic heterocycles. The Morgan fingerprint density at radius 2 is 1.62 bits per heavy atom. The molecule has 0 saturated heterocycles. The number of hydrogen-bond acceptors (Lipinski definition) is 2. The summed E-state index contributed by atoms with van der Waals surface area (Å²) in [7, 11) is 0. The molecule has 0 aliphatic rings. The highest BCUT2D eigenvalue weighted by Gasteiger charge is 2.06. The van der Waals surface area contributed by atoms with Gasteiger partial charge < -0.3 is 0 Å². The molecule has 5 heteroatoms. The Kier molecular flexibility index (Phi) is 3.08. The van der Waals surface area contributed by atoms with Crippen LogP contribution in [0, 0.1) is 12.7 Å². The summed E-state index contributed by atoms with van der Waals surface area (Å²) in [6.45, 7) is 1.79. The molecular weight excluding hydrogens is 250 g/mol. The molecule has 2 rings (SSSR count). The van der Waals surface area contributed by atoms with Crippen LogP contribution in [0.25, 0.3) is 11.4 Å². The third-order valence-corrected chi connectivity index (χ3v) is 2.35. The Balaban J connectivity index is 2.57. The highest BCUT2D eigenvalue weighted by Crippen LogP contribution is 2.22. The van der Waals surface area contributed by atoms with E-state index in [2.05, 4.69) is 9.97 Å². The van der Waals surface area contributed by atoms with Crippen LogP contribution in [-0.4, -0.2) is 9.97 Å². The van der Waals surface area contributed by atoms with Crippen molar-refractivity contribution in [2.45, 2.75) is 6.92 Å². The molecule has 0 bridgehead atoms. The number of benzene rings is 1. The number of aryl methyl sites for hydroxylation is 1. The second-order valence-electron chi connectivity index (χ2n) is 3.35. The molecule has 0 atom stereocenters. The fraction of sp³-hybridized carbons (Fsp3) is 0.0909. The molecule has 2 aromatic rings. The van der Waals surface area contributed by atoms with Gasteiger partial charge in [0.2, 0.25) is 0 Å². The van der Waals surface area contributed by atoms with Crippen molar-refractivity contribution in [3.8, 4) is 11.4 Å². The molecule has 0 fully saturated rings. The number of halogens is 3. The van der Waals surface area contributed by atoms with Crippen molar-refractivity contribution in [3.63, 3.8) is 0 Å². The first-order valence-corrected chi connectivity index (χ1v) is 5.28. The Morgan fingerprint density at radius 3 is 2.19 bits per heavy atom. The van der Waals surface area contributed by atoms with E-state index in [0.717, 1.165) is 5.56 Å². The van der Waals surface area contributed by atoms with Gasteiger partial charge in [-0.05, 0) is 30.7 Å². The first-order chi connectivity index (χ1) is 7.54. The van der Waals surface area contributed by atoms with Gasteiger partial charge in [-0.2, -0.15) is 0 Å². The summed E-state index contributed by atoms with van der Waals surface area (Å²) in [5.41, 5.74) is 1.34. The van der Waals surface area contributed by atoms with E-state index in [4.69, 9.17) is 23.2 Å². The van der Waals surface area contributed by atoms with Crippen LogP contribution in [-0.2, 0) is 0 Å². The molecule has 0 N–H and O–H groups in total. The predicted molar refractivity (Wildman–Crippen MR) is 62.2 cm³/mol. The monoisotopic (exact) mass is 256 g/mol. The van der Waals surface area contributed by atoms with Gasteiger partial charge in [0.1, 0.15) is 16.1 Å². The van der Waals surface area contributed by atoms with Crippen LogP contribution in [0.3, 0.4) is 0 Å². The summed E-state index contributed by atoms with van der Waals surface area (Å²) in [6, 6.07) is 5.97. The summed E-state index contributed by atoms with van der Waals surface area (Å²) >= 11 is 11.5. The second kappa shape index (κ2) is 4.36. The summed E-state index contributed by atoms with van der Waals surface area (Å²) < 4.78 is 13.2. The maximum absolute atomic E-state index is 13.2. The number of aromatic nitrogens is 2. The highest BCUT2D eigenvalue weighted by molar-refractivity contribution is 6.33. The average Bonchev–Trinajstić information content (AvgIpc) is 2.14. The van der Waals surface area contributed by atoms with Crippen molar-refractivity contribution in [2.75, 3.05) is 0 Å². The summed E-state index contributed by atoms with van der Waals surface area (Å²) in [4.78, 5) is 7.98. The summed E-state index contributed by atoms with van der Waals surface area (Å²) in [5.74, 6) is -0.0187. The van der Waals surface area contributed by atoms with Gasteiger partial charge in [-0.15, -0.1) is 0 Å².